The number of hydrogen-bond donors (Lipinski definition) is 0. The van der Waals surface area contributed by atoms with E-state index in [-0.39, 0.29) is 12.0 Å². The molecule has 0 bridgehead atoms. The van der Waals surface area contributed by atoms with Gasteiger partial charge in [0, 0.05) is 50.9 Å². The molecule has 116 valence electrons. The van der Waals surface area contributed by atoms with Gasteiger partial charge in [0.25, 0.3) is 0 Å². The lowest BCUT2D eigenvalue weighted by Crippen LogP contribution is -2.36. The monoisotopic (exact) mass is 292 g/mol. The minimum atomic E-state index is 0.204. The lowest BCUT2D eigenvalue weighted by atomic mass is 9.93. The van der Waals surface area contributed by atoms with Crippen LogP contribution in [0.4, 0.5) is 0 Å². The highest BCUT2D eigenvalue weighted by atomic mass is 16.5. The van der Waals surface area contributed by atoms with Crippen LogP contribution in [0.5, 0.6) is 0 Å². The number of carbonyl (C=O) groups excluding carboxylic acids is 2. The molecule has 0 aromatic heterocycles. The second-order valence-corrected chi connectivity index (χ2v) is 7.19. The van der Waals surface area contributed by atoms with Crippen LogP contribution < -0.4 is 0 Å². The predicted octanol–water partition coefficient (Wildman–Crippen LogP) is 0.882. The molecule has 3 saturated heterocycles. The number of ether oxygens (including phenoxy) is 1. The summed E-state index contributed by atoms with van der Waals surface area (Å²) >= 11 is 0. The molecule has 1 saturated carbocycles. The lowest BCUT2D eigenvalue weighted by Gasteiger charge is -2.24. The first kappa shape index (κ1) is 13.6. The third kappa shape index (κ3) is 2.68. The Morgan fingerprint density at radius 1 is 1.29 bits per heavy atom. The summed E-state index contributed by atoms with van der Waals surface area (Å²) in [6, 6.07) is 0. The predicted molar refractivity (Wildman–Crippen MR) is 76.5 cm³/mol. The molecule has 0 radical (unpaired) electrons. The molecule has 3 heterocycles. The average Bonchev–Trinajstić information content (AvgIpc) is 2.87. The molecule has 1 aliphatic carbocycles. The number of amides is 2. The number of carbonyl (C=O) groups is 2. The van der Waals surface area contributed by atoms with Gasteiger partial charge in [-0.1, -0.05) is 0 Å². The molecular weight excluding hydrogens is 268 g/mol. The third-order valence-electron chi connectivity index (χ3n) is 5.58. The number of rotatable bonds is 4. The van der Waals surface area contributed by atoms with Crippen molar-refractivity contribution in [2.45, 2.75) is 38.2 Å². The summed E-state index contributed by atoms with van der Waals surface area (Å²) in [4.78, 5) is 28.0. The molecular formula is C16H24N2O3. The fourth-order valence-corrected chi connectivity index (χ4v) is 4.07. The van der Waals surface area contributed by atoms with Crippen LogP contribution in [0, 0.1) is 17.8 Å². The molecule has 0 aromatic rings. The van der Waals surface area contributed by atoms with Crippen LogP contribution in [0.3, 0.4) is 0 Å². The van der Waals surface area contributed by atoms with E-state index in [0.29, 0.717) is 30.1 Å². The molecule has 21 heavy (non-hydrogen) atoms. The molecule has 4 fully saturated rings. The van der Waals surface area contributed by atoms with E-state index in [0.717, 1.165) is 45.6 Å². The number of hydrogen-bond acceptors (Lipinski definition) is 3. The summed E-state index contributed by atoms with van der Waals surface area (Å²) in [5.74, 6) is 2.10. The maximum atomic E-state index is 12.2. The SMILES string of the molecule is O=C1CCCN1C[C@@H]1CO[C@@H]2CN(C(=O)CC3CC3)C[C@H]12. The normalized spacial score (nSPS) is 35.6. The highest BCUT2D eigenvalue weighted by Gasteiger charge is 2.46. The van der Waals surface area contributed by atoms with Gasteiger partial charge in [0.1, 0.15) is 0 Å². The molecule has 5 heteroatoms. The first-order chi connectivity index (χ1) is 10.2. The molecule has 0 spiro atoms. The van der Waals surface area contributed by atoms with E-state index in [1.54, 1.807) is 0 Å². The highest BCUT2D eigenvalue weighted by molar-refractivity contribution is 5.78. The molecule has 2 amide bonds. The van der Waals surface area contributed by atoms with Gasteiger partial charge in [0.2, 0.25) is 11.8 Å². The van der Waals surface area contributed by atoms with Crippen molar-refractivity contribution in [1.29, 1.82) is 0 Å². The number of nitrogens with zero attached hydrogens (tertiary/aromatic N) is 2. The van der Waals surface area contributed by atoms with Crippen molar-refractivity contribution in [1.82, 2.24) is 9.80 Å². The van der Waals surface area contributed by atoms with Gasteiger partial charge in [-0.15, -0.1) is 0 Å². The van der Waals surface area contributed by atoms with Crippen molar-refractivity contribution in [3.63, 3.8) is 0 Å². The topological polar surface area (TPSA) is 49.9 Å². The second-order valence-electron chi connectivity index (χ2n) is 7.19. The quantitative estimate of drug-likeness (QED) is 0.773. The van der Waals surface area contributed by atoms with Gasteiger partial charge in [0.05, 0.1) is 12.7 Å². The Kier molecular flexibility index (Phi) is 3.40. The van der Waals surface area contributed by atoms with E-state index in [1.807, 2.05) is 9.80 Å². The Hall–Kier alpha value is -1.10. The van der Waals surface area contributed by atoms with Gasteiger partial charge in [-0.3, -0.25) is 9.59 Å². The third-order valence-corrected chi connectivity index (χ3v) is 5.58. The first-order valence-electron chi connectivity index (χ1n) is 8.38. The van der Waals surface area contributed by atoms with Crippen LogP contribution in [-0.2, 0) is 14.3 Å². The molecule has 4 aliphatic rings. The van der Waals surface area contributed by atoms with Crippen LogP contribution in [-0.4, -0.2) is 60.5 Å². The van der Waals surface area contributed by atoms with Crippen LogP contribution in [0.2, 0.25) is 0 Å². The van der Waals surface area contributed by atoms with E-state index >= 15 is 0 Å². The maximum absolute atomic E-state index is 12.2. The summed E-state index contributed by atoms with van der Waals surface area (Å²) < 4.78 is 5.90. The van der Waals surface area contributed by atoms with Crippen molar-refractivity contribution in [2.24, 2.45) is 17.8 Å². The average molecular weight is 292 g/mol. The van der Waals surface area contributed by atoms with Gasteiger partial charge in [0.15, 0.2) is 0 Å². The zero-order valence-electron chi connectivity index (χ0n) is 12.5. The van der Waals surface area contributed by atoms with Gasteiger partial charge in [-0.05, 0) is 25.2 Å². The van der Waals surface area contributed by atoms with Crippen LogP contribution in [0.25, 0.3) is 0 Å². The van der Waals surface area contributed by atoms with Crippen LogP contribution in [0.15, 0.2) is 0 Å². The summed E-state index contributed by atoms with van der Waals surface area (Å²) in [5, 5.41) is 0. The molecule has 3 atom stereocenters. The molecule has 0 unspecified atom stereocenters. The second kappa shape index (κ2) is 5.27. The van der Waals surface area contributed by atoms with Crippen LogP contribution in [0.1, 0.15) is 32.1 Å². The molecule has 3 aliphatic heterocycles. The summed E-state index contributed by atoms with van der Waals surface area (Å²) in [6.45, 7) is 4.08. The van der Waals surface area contributed by atoms with E-state index in [9.17, 15) is 9.59 Å². The Balaban J connectivity index is 1.34. The lowest BCUT2D eigenvalue weighted by molar-refractivity contribution is -0.132. The molecule has 0 aromatic carbocycles. The zero-order chi connectivity index (χ0) is 14.4. The Labute approximate surface area is 125 Å². The van der Waals surface area contributed by atoms with E-state index in [4.69, 9.17) is 4.74 Å². The van der Waals surface area contributed by atoms with Crippen molar-refractivity contribution >= 4 is 11.8 Å². The van der Waals surface area contributed by atoms with Gasteiger partial charge in [-0.25, -0.2) is 0 Å². The minimum Gasteiger partial charge on any atom is -0.376 e. The van der Waals surface area contributed by atoms with Crippen molar-refractivity contribution in [2.75, 3.05) is 32.8 Å². The highest BCUT2D eigenvalue weighted by Crippen LogP contribution is 2.37. The van der Waals surface area contributed by atoms with E-state index < -0.39 is 0 Å². The standard InChI is InChI=1S/C16H24N2O3/c19-15-2-1-5-17(15)7-12-10-21-14-9-18(8-13(12)14)16(20)6-11-3-4-11/h11-14H,1-10H2/t12-,13-,14-/m1/s1. The fraction of sp³-hybridized carbons (Fsp3) is 0.875. The minimum absolute atomic E-state index is 0.204. The smallest absolute Gasteiger partial charge is 0.222 e. The Morgan fingerprint density at radius 2 is 2.14 bits per heavy atom. The van der Waals surface area contributed by atoms with Crippen molar-refractivity contribution in [3.05, 3.63) is 0 Å². The van der Waals surface area contributed by atoms with Crippen LogP contribution >= 0.6 is 0 Å². The summed E-state index contributed by atoms with van der Waals surface area (Å²) in [7, 11) is 0. The molecule has 4 rings (SSSR count). The Bertz CT molecular complexity index is 449. The molecule has 0 N–H and O–H groups in total. The Morgan fingerprint density at radius 3 is 2.86 bits per heavy atom. The van der Waals surface area contributed by atoms with Gasteiger partial charge < -0.3 is 14.5 Å². The number of fused-ring (bicyclic) bond motifs is 1. The summed E-state index contributed by atoms with van der Waals surface area (Å²) in [6.07, 6.45) is 5.08. The van der Waals surface area contributed by atoms with Crippen molar-refractivity contribution in [3.8, 4) is 0 Å². The van der Waals surface area contributed by atoms with Crippen molar-refractivity contribution < 1.29 is 14.3 Å². The largest absolute Gasteiger partial charge is 0.376 e. The molecule has 5 nitrogen and oxygen atoms in total. The zero-order valence-corrected chi connectivity index (χ0v) is 12.5. The van der Waals surface area contributed by atoms with Gasteiger partial charge >= 0.3 is 0 Å². The van der Waals surface area contributed by atoms with Gasteiger partial charge in [-0.2, -0.15) is 0 Å². The summed E-state index contributed by atoms with van der Waals surface area (Å²) in [5.41, 5.74) is 0. The fourth-order valence-electron chi connectivity index (χ4n) is 4.07. The van der Waals surface area contributed by atoms with E-state index in [2.05, 4.69) is 0 Å². The van der Waals surface area contributed by atoms with E-state index in [1.165, 1.54) is 12.8 Å². The first-order valence-corrected chi connectivity index (χ1v) is 8.38. The number of likely N-dealkylation sites (tertiary alicyclic amines) is 2. The maximum Gasteiger partial charge on any atom is 0.222 e.